The van der Waals surface area contributed by atoms with Crippen LogP contribution in [0.4, 0.5) is 4.39 Å². The highest BCUT2D eigenvalue weighted by Crippen LogP contribution is 2.15. The number of nitrogens with zero attached hydrogens (tertiary/aromatic N) is 1. The van der Waals surface area contributed by atoms with Crippen molar-refractivity contribution in [2.45, 2.75) is 32.9 Å². The lowest BCUT2D eigenvalue weighted by Gasteiger charge is -2.14. The van der Waals surface area contributed by atoms with Crippen LogP contribution in [0.3, 0.4) is 0 Å². The zero-order valence-electron chi connectivity index (χ0n) is 7.52. The molecule has 2 heteroatoms. The van der Waals surface area contributed by atoms with Gasteiger partial charge in [0, 0.05) is 13.1 Å². The first-order valence-corrected chi connectivity index (χ1v) is 4.55. The lowest BCUT2D eigenvalue weighted by Crippen LogP contribution is -2.23. The van der Waals surface area contributed by atoms with Crippen LogP contribution >= 0.6 is 0 Å². The van der Waals surface area contributed by atoms with Gasteiger partial charge in [0.25, 0.3) is 0 Å². The van der Waals surface area contributed by atoms with Crippen molar-refractivity contribution in [1.29, 1.82) is 0 Å². The third-order valence-electron chi connectivity index (χ3n) is 2.35. The van der Waals surface area contributed by atoms with E-state index in [2.05, 4.69) is 11.8 Å². The number of rotatable bonds is 3. The lowest BCUT2D eigenvalue weighted by molar-refractivity contribution is 0.261. The Kier molecular flexibility index (Phi) is 3.31. The predicted octanol–water partition coefficient (Wildman–Crippen LogP) is 2.08. The van der Waals surface area contributed by atoms with E-state index in [4.69, 9.17) is 0 Å². The second kappa shape index (κ2) is 4.05. The average Bonchev–Trinajstić information content (AvgIpc) is 2.31. The minimum Gasteiger partial charge on any atom is -0.303 e. The quantitative estimate of drug-likeness (QED) is 0.609. The van der Waals surface area contributed by atoms with Gasteiger partial charge in [0.1, 0.15) is 0 Å². The van der Waals surface area contributed by atoms with Gasteiger partial charge in [0.05, 0.1) is 6.17 Å². The number of halogens is 1. The van der Waals surface area contributed by atoms with Gasteiger partial charge in [-0.15, -0.1) is 0 Å². The van der Waals surface area contributed by atoms with Gasteiger partial charge >= 0.3 is 0 Å². The van der Waals surface area contributed by atoms with Crippen LogP contribution in [0.15, 0.2) is 0 Å². The van der Waals surface area contributed by atoms with Crippen LogP contribution in [-0.4, -0.2) is 30.7 Å². The molecule has 0 N–H and O–H groups in total. The zero-order chi connectivity index (χ0) is 8.27. The molecule has 0 aromatic rings. The average molecular weight is 159 g/mol. The first-order chi connectivity index (χ1) is 5.18. The Bertz CT molecular complexity index is 114. The predicted molar refractivity (Wildman–Crippen MR) is 45.4 cm³/mol. The molecule has 1 heterocycles. The highest BCUT2D eigenvalue weighted by molar-refractivity contribution is 4.72. The van der Waals surface area contributed by atoms with Crippen molar-refractivity contribution in [3.8, 4) is 0 Å². The third kappa shape index (κ3) is 3.19. The topological polar surface area (TPSA) is 3.24 Å². The number of alkyl halides is 1. The van der Waals surface area contributed by atoms with E-state index in [9.17, 15) is 4.39 Å². The van der Waals surface area contributed by atoms with Crippen LogP contribution in [0.1, 0.15) is 26.7 Å². The van der Waals surface area contributed by atoms with Crippen LogP contribution in [-0.2, 0) is 0 Å². The molecule has 1 aliphatic rings. The molecule has 0 aromatic heterocycles. The van der Waals surface area contributed by atoms with E-state index in [1.165, 1.54) is 19.5 Å². The van der Waals surface area contributed by atoms with Crippen LogP contribution in [0.2, 0.25) is 0 Å². The number of hydrogen-bond donors (Lipinski definition) is 0. The maximum Gasteiger partial charge on any atom is 0.0985 e. The summed E-state index contributed by atoms with van der Waals surface area (Å²) in [5.74, 6) is 0.824. The zero-order valence-corrected chi connectivity index (χ0v) is 7.52. The summed E-state index contributed by atoms with van der Waals surface area (Å²) in [5, 5.41) is 0. The van der Waals surface area contributed by atoms with Crippen molar-refractivity contribution in [2.75, 3.05) is 19.6 Å². The van der Waals surface area contributed by atoms with Crippen molar-refractivity contribution >= 4 is 0 Å². The molecule has 0 aromatic carbocycles. The normalized spacial score (nSPS) is 29.2. The molecular weight excluding hydrogens is 141 g/mol. The van der Waals surface area contributed by atoms with E-state index in [1.54, 1.807) is 6.92 Å². The molecule has 0 saturated carbocycles. The van der Waals surface area contributed by atoms with Gasteiger partial charge in [-0.25, -0.2) is 4.39 Å². The van der Waals surface area contributed by atoms with Gasteiger partial charge in [0.2, 0.25) is 0 Å². The van der Waals surface area contributed by atoms with Gasteiger partial charge in [-0.05, 0) is 32.2 Å². The second-order valence-electron chi connectivity index (χ2n) is 3.76. The largest absolute Gasteiger partial charge is 0.303 e. The van der Waals surface area contributed by atoms with Crippen molar-refractivity contribution in [3.05, 3.63) is 0 Å². The Balaban J connectivity index is 2.08. The first-order valence-electron chi connectivity index (χ1n) is 4.55. The van der Waals surface area contributed by atoms with Gasteiger partial charge in [-0.1, -0.05) is 6.92 Å². The molecule has 0 bridgehead atoms. The fourth-order valence-electron chi connectivity index (χ4n) is 1.59. The number of hydrogen-bond acceptors (Lipinski definition) is 1. The first kappa shape index (κ1) is 8.98. The van der Waals surface area contributed by atoms with Crippen molar-refractivity contribution < 1.29 is 4.39 Å². The third-order valence-corrected chi connectivity index (χ3v) is 2.35. The molecule has 1 fully saturated rings. The van der Waals surface area contributed by atoms with Crippen LogP contribution in [0, 0.1) is 5.92 Å². The van der Waals surface area contributed by atoms with E-state index in [0.717, 1.165) is 12.5 Å². The Morgan fingerprint density at radius 3 is 2.82 bits per heavy atom. The lowest BCUT2D eigenvalue weighted by atomic mass is 10.2. The van der Waals surface area contributed by atoms with Crippen LogP contribution in [0.5, 0.6) is 0 Å². The maximum absolute atomic E-state index is 12.4. The van der Waals surface area contributed by atoms with Gasteiger partial charge in [0.15, 0.2) is 0 Å². The standard InChI is InChI=1S/C9H18FN/c1-8-3-5-11(7-8)6-4-9(2)10/h8-9H,3-7H2,1-2H3. The molecule has 1 saturated heterocycles. The molecule has 0 amide bonds. The highest BCUT2D eigenvalue weighted by Gasteiger charge is 2.18. The Labute approximate surface area is 68.6 Å². The Morgan fingerprint density at radius 2 is 2.36 bits per heavy atom. The minimum atomic E-state index is -0.633. The van der Waals surface area contributed by atoms with Gasteiger partial charge in [-0.2, -0.15) is 0 Å². The molecule has 0 aliphatic carbocycles. The number of likely N-dealkylation sites (tertiary alicyclic amines) is 1. The monoisotopic (exact) mass is 159 g/mol. The van der Waals surface area contributed by atoms with Crippen LogP contribution in [0.25, 0.3) is 0 Å². The highest BCUT2D eigenvalue weighted by atomic mass is 19.1. The molecule has 66 valence electrons. The van der Waals surface area contributed by atoms with E-state index in [1.807, 2.05) is 0 Å². The maximum atomic E-state index is 12.4. The summed E-state index contributed by atoms with van der Waals surface area (Å²) in [6.07, 6.45) is 1.36. The smallest absolute Gasteiger partial charge is 0.0985 e. The van der Waals surface area contributed by atoms with E-state index < -0.39 is 6.17 Å². The summed E-state index contributed by atoms with van der Waals surface area (Å²) >= 11 is 0. The molecule has 0 radical (unpaired) electrons. The van der Waals surface area contributed by atoms with E-state index in [0.29, 0.717) is 6.42 Å². The minimum absolute atomic E-state index is 0.633. The van der Waals surface area contributed by atoms with Crippen molar-refractivity contribution in [2.24, 2.45) is 5.92 Å². The van der Waals surface area contributed by atoms with Gasteiger partial charge < -0.3 is 4.90 Å². The summed E-state index contributed by atoms with van der Waals surface area (Å²) in [5.41, 5.74) is 0. The summed E-state index contributed by atoms with van der Waals surface area (Å²) in [6, 6.07) is 0. The molecular formula is C9H18FN. The second-order valence-corrected chi connectivity index (χ2v) is 3.76. The van der Waals surface area contributed by atoms with Crippen LogP contribution < -0.4 is 0 Å². The Morgan fingerprint density at radius 1 is 1.64 bits per heavy atom. The molecule has 11 heavy (non-hydrogen) atoms. The van der Waals surface area contributed by atoms with Gasteiger partial charge in [-0.3, -0.25) is 0 Å². The van der Waals surface area contributed by atoms with E-state index in [-0.39, 0.29) is 0 Å². The molecule has 0 spiro atoms. The van der Waals surface area contributed by atoms with Crippen molar-refractivity contribution in [3.63, 3.8) is 0 Å². The fraction of sp³-hybridized carbons (Fsp3) is 1.00. The van der Waals surface area contributed by atoms with E-state index >= 15 is 0 Å². The SMILES string of the molecule is CC(F)CCN1CCC(C)C1. The molecule has 1 rings (SSSR count). The fourth-order valence-corrected chi connectivity index (χ4v) is 1.59. The molecule has 2 unspecified atom stereocenters. The summed E-state index contributed by atoms with van der Waals surface area (Å²) in [4.78, 5) is 2.36. The summed E-state index contributed by atoms with van der Waals surface area (Å²) in [7, 11) is 0. The summed E-state index contributed by atoms with van der Waals surface area (Å²) < 4.78 is 12.4. The van der Waals surface area contributed by atoms with Crippen molar-refractivity contribution in [1.82, 2.24) is 4.90 Å². The molecule has 1 aliphatic heterocycles. The molecule has 1 nitrogen and oxygen atoms in total. The summed E-state index contributed by atoms with van der Waals surface area (Å²) in [6.45, 7) is 7.20. The Hall–Kier alpha value is -0.110. The molecule has 2 atom stereocenters.